The molecule has 1 heterocycles. The third-order valence-corrected chi connectivity index (χ3v) is 5.42. The van der Waals surface area contributed by atoms with Gasteiger partial charge in [-0.25, -0.2) is 4.79 Å². The third-order valence-electron chi connectivity index (χ3n) is 5.03. The Morgan fingerprint density at radius 3 is 2.53 bits per heavy atom. The largest absolute Gasteiger partial charge is 0.460 e. The van der Waals surface area contributed by atoms with E-state index in [1.54, 1.807) is 19.1 Å². The van der Waals surface area contributed by atoms with E-state index in [1.807, 2.05) is 31.2 Å². The molecule has 0 aromatic heterocycles. The Hall–Kier alpha value is -2.45. The summed E-state index contributed by atoms with van der Waals surface area (Å²) in [6, 6.07) is 6.99. The van der Waals surface area contributed by atoms with Gasteiger partial charge in [-0.3, -0.25) is 4.79 Å². The van der Waals surface area contributed by atoms with E-state index >= 15 is 0 Å². The molecule has 0 spiro atoms. The van der Waals surface area contributed by atoms with Gasteiger partial charge < -0.3 is 25.0 Å². The van der Waals surface area contributed by atoms with Crippen LogP contribution in [0, 0.1) is 0 Å². The fourth-order valence-electron chi connectivity index (χ4n) is 3.16. The van der Waals surface area contributed by atoms with Gasteiger partial charge in [0, 0.05) is 32.0 Å². The third kappa shape index (κ3) is 6.27. The fraction of sp³-hybridized carbons (Fsp3) is 0.500. The summed E-state index contributed by atoms with van der Waals surface area (Å²) in [6.45, 7) is 4.46. The maximum absolute atomic E-state index is 12.8. The quantitative estimate of drug-likeness (QED) is 0.332. The molecule has 1 amide bonds. The number of hydrogen-bond donors (Lipinski definition) is 2. The number of benzene rings is 1. The van der Waals surface area contributed by atoms with Gasteiger partial charge in [-0.05, 0) is 43.3 Å². The average Bonchev–Trinajstić information content (AvgIpc) is 2.72. The minimum absolute atomic E-state index is 0.00736. The van der Waals surface area contributed by atoms with Crippen molar-refractivity contribution in [3.8, 4) is 0 Å². The fourth-order valence-corrected chi connectivity index (χ4v) is 3.42. The molecule has 2 rings (SSSR count). The first-order chi connectivity index (χ1) is 14.4. The average molecular weight is 434 g/mol. The summed E-state index contributed by atoms with van der Waals surface area (Å²) < 4.78 is 10.3. The van der Waals surface area contributed by atoms with Gasteiger partial charge in [-0.2, -0.15) is 0 Å². The predicted molar refractivity (Wildman–Crippen MR) is 121 cm³/mol. The van der Waals surface area contributed by atoms with Crippen molar-refractivity contribution in [2.75, 3.05) is 32.7 Å². The molecule has 8 heteroatoms. The molecule has 0 radical (unpaired) electrons. The summed E-state index contributed by atoms with van der Waals surface area (Å²) in [5, 5.41) is 6.65. The Morgan fingerprint density at radius 1 is 1.20 bits per heavy atom. The minimum Gasteiger partial charge on any atom is -0.460 e. The van der Waals surface area contributed by atoms with Crippen LogP contribution in [0.1, 0.15) is 51.1 Å². The number of hydrogen-bond acceptors (Lipinski definition) is 5. The normalized spacial score (nSPS) is 16.3. The van der Waals surface area contributed by atoms with Crippen molar-refractivity contribution < 1.29 is 19.1 Å². The first kappa shape index (κ1) is 23.8. The molecule has 0 saturated heterocycles. The SMILES string of the molecule is CCCCCC(=O)Nc1ccc(C2NC(=S)N(C)C(C)=C2C(=O)OCCOC)cc1. The van der Waals surface area contributed by atoms with Crippen molar-refractivity contribution in [2.24, 2.45) is 0 Å². The number of carbonyl (C=O) groups excluding carboxylic acids is 2. The van der Waals surface area contributed by atoms with Gasteiger partial charge in [-0.15, -0.1) is 0 Å². The van der Waals surface area contributed by atoms with Crippen molar-refractivity contribution in [1.29, 1.82) is 0 Å². The molecule has 30 heavy (non-hydrogen) atoms. The first-order valence-electron chi connectivity index (χ1n) is 10.2. The van der Waals surface area contributed by atoms with Gasteiger partial charge in [0.05, 0.1) is 18.2 Å². The molecule has 1 aliphatic heterocycles. The van der Waals surface area contributed by atoms with Crippen LogP contribution < -0.4 is 10.6 Å². The number of esters is 1. The lowest BCUT2D eigenvalue weighted by atomic mass is 9.95. The van der Waals surface area contributed by atoms with Crippen molar-refractivity contribution in [2.45, 2.75) is 45.6 Å². The second-order valence-electron chi connectivity index (χ2n) is 7.20. The van der Waals surface area contributed by atoms with Crippen LogP contribution in [0.5, 0.6) is 0 Å². The van der Waals surface area contributed by atoms with Gasteiger partial charge in [0.1, 0.15) is 6.61 Å². The molecule has 0 saturated carbocycles. The highest BCUT2D eigenvalue weighted by Crippen LogP contribution is 2.31. The second kappa shape index (κ2) is 11.7. The van der Waals surface area contributed by atoms with Crippen LogP contribution in [0.2, 0.25) is 0 Å². The molecular weight excluding hydrogens is 402 g/mol. The molecule has 1 atom stereocenters. The Bertz CT molecular complexity index is 792. The van der Waals surface area contributed by atoms with Crippen molar-refractivity contribution in [1.82, 2.24) is 10.2 Å². The highest BCUT2D eigenvalue weighted by Gasteiger charge is 2.33. The molecule has 1 aliphatic rings. The van der Waals surface area contributed by atoms with Gasteiger partial charge in [0.25, 0.3) is 0 Å². The lowest BCUT2D eigenvalue weighted by Crippen LogP contribution is -2.46. The Labute approximate surface area is 183 Å². The van der Waals surface area contributed by atoms with Gasteiger partial charge in [-0.1, -0.05) is 31.9 Å². The monoisotopic (exact) mass is 433 g/mol. The van der Waals surface area contributed by atoms with Gasteiger partial charge >= 0.3 is 5.97 Å². The molecule has 2 N–H and O–H groups in total. The van der Waals surface area contributed by atoms with Crippen LogP contribution >= 0.6 is 12.2 Å². The van der Waals surface area contributed by atoms with Crippen LogP contribution in [-0.4, -0.2) is 49.3 Å². The molecule has 7 nitrogen and oxygen atoms in total. The van der Waals surface area contributed by atoms with Crippen molar-refractivity contribution in [3.63, 3.8) is 0 Å². The number of methoxy groups -OCH3 is 1. The van der Waals surface area contributed by atoms with Crippen LogP contribution in [0.25, 0.3) is 0 Å². The van der Waals surface area contributed by atoms with Crippen LogP contribution in [0.3, 0.4) is 0 Å². The second-order valence-corrected chi connectivity index (χ2v) is 7.58. The highest BCUT2D eigenvalue weighted by molar-refractivity contribution is 7.80. The number of unbranched alkanes of at least 4 members (excludes halogenated alkanes) is 2. The number of nitrogens with zero attached hydrogens (tertiary/aromatic N) is 1. The molecule has 0 bridgehead atoms. The molecule has 1 aromatic rings. The van der Waals surface area contributed by atoms with Gasteiger partial charge in [0.15, 0.2) is 5.11 Å². The molecule has 0 fully saturated rings. The Morgan fingerprint density at radius 2 is 1.90 bits per heavy atom. The standard InChI is InChI=1S/C22H31N3O4S/c1-5-6-7-8-18(26)23-17-11-9-16(10-12-17)20-19(21(27)29-14-13-28-4)15(2)25(3)22(30)24-20/h9-12,20H,5-8,13-14H2,1-4H3,(H,23,26)(H,24,30). The van der Waals surface area contributed by atoms with E-state index in [0.717, 1.165) is 36.2 Å². The zero-order chi connectivity index (χ0) is 22.1. The Balaban J connectivity index is 2.17. The van der Waals surface area contributed by atoms with Gasteiger partial charge in [0.2, 0.25) is 5.91 Å². The van der Waals surface area contributed by atoms with Crippen LogP contribution in [0.4, 0.5) is 5.69 Å². The zero-order valence-electron chi connectivity index (χ0n) is 18.1. The van der Waals surface area contributed by atoms with Crippen molar-refractivity contribution >= 4 is 34.9 Å². The van der Waals surface area contributed by atoms with E-state index in [2.05, 4.69) is 17.6 Å². The molecule has 0 aliphatic carbocycles. The summed E-state index contributed by atoms with van der Waals surface area (Å²) in [4.78, 5) is 26.5. The summed E-state index contributed by atoms with van der Waals surface area (Å²) in [7, 11) is 3.36. The number of allylic oxidation sites excluding steroid dienone is 1. The summed E-state index contributed by atoms with van der Waals surface area (Å²) >= 11 is 5.41. The molecular formula is C22H31N3O4S. The maximum atomic E-state index is 12.8. The number of rotatable bonds is 10. The lowest BCUT2D eigenvalue weighted by molar-refractivity contribution is -0.140. The van der Waals surface area contributed by atoms with Crippen LogP contribution in [0.15, 0.2) is 35.5 Å². The Kier molecular flexibility index (Phi) is 9.26. The van der Waals surface area contributed by atoms with E-state index in [1.165, 1.54) is 0 Å². The van der Waals surface area contributed by atoms with E-state index in [0.29, 0.717) is 23.7 Å². The summed E-state index contributed by atoms with van der Waals surface area (Å²) in [5.74, 6) is -0.405. The molecule has 164 valence electrons. The topological polar surface area (TPSA) is 79.9 Å². The van der Waals surface area contributed by atoms with Crippen molar-refractivity contribution in [3.05, 3.63) is 41.1 Å². The van der Waals surface area contributed by atoms with E-state index in [4.69, 9.17) is 21.7 Å². The van der Waals surface area contributed by atoms with Crippen LogP contribution in [-0.2, 0) is 19.1 Å². The summed E-state index contributed by atoms with van der Waals surface area (Å²) in [6.07, 6.45) is 3.52. The highest BCUT2D eigenvalue weighted by atomic mass is 32.1. The smallest absolute Gasteiger partial charge is 0.338 e. The van der Waals surface area contributed by atoms with E-state index < -0.39 is 12.0 Å². The first-order valence-corrected chi connectivity index (χ1v) is 10.6. The number of ether oxygens (including phenoxy) is 2. The molecule has 1 unspecified atom stereocenters. The van der Waals surface area contributed by atoms with E-state index in [-0.39, 0.29) is 12.5 Å². The number of carbonyl (C=O) groups is 2. The zero-order valence-corrected chi connectivity index (χ0v) is 18.9. The lowest BCUT2D eigenvalue weighted by Gasteiger charge is -2.35. The minimum atomic E-state index is -0.432. The number of amides is 1. The number of anilines is 1. The molecule has 1 aromatic carbocycles. The number of nitrogens with one attached hydrogen (secondary N) is 2. The number of thiocarbonyl (C=S) groups is 1. The maximum Gasteiger partial charge on any atom is 0.338 e. The summed E-state index contributed by atoms with van der Waals surface area (Å²) in [5.41, 5.74) is 2.81. The predicted octanol–water partition coefficient (Wildman–Crippen LogP) is 3.53. The van der Waals surface area contributed by atoms with E-state index in [9.17, 15) is 9.59 Å².